The topological polar surface area (TPSA) is 52.3 Å². The summed E-state index contributed by atoms with van der Waals surface area (Å²) in [7, 11) is 0. The highest BCUT2D eigenvalue weighted by Gasteiger charge is 2.28. The van der Waals surface area contributed by atoms with Crippen molar-refractivity contribution in [2.45, 2.75) is 51.7 Å². The van der Waals surface area contributed by atoms with Gasteiger partial charge in [-0.05, 0) is 49.5 Å². The molecule has 0 amide bonds. The Hall–Kier alpha value is -0.220. The Balaban J connectivity index is 2.31. The lowest BCUT2D eigenvalue weighted by atomic mass is 9.80. The van der Waals surface area contributed by atoms with Crippen molar-refractivity contribution in [1.29, 1.82) is 0 Å². The molecule has 4 heteroatoms. The summed E-state index contributed by atoms with van der Waals surface area (Å²) in [6.45, 7) is 4.51. The lowest BCUT2D eigenvalue weighted by Crippen LogP contribution is -2.37. The van der Waals surface area contributed by atoms with Gasteiger partial charge in [-0.15, -0.1) is 0 Å². The van der Waals surface area contributed by atoms with Gasteiger partial charge in [-0.3, -0.25) is 4.79 Å². The fraction of sp³-hybridized carbons (Fsp3) is 0.923. The van der Waals surface area contributed by atoms with E-state index in [1.807, 2.05) is 6.26 Å². The SMILES string of the molecule is CSCC[C@H](N)C(=O)OC1CCC(C)C(C)C1. The Kier molecular flexibility index (Phi) is 6.34. The van der Waals surface area contributed by atoms with E-state index in [0.29, 0.717) is 12.3 Å². The standard InChI is InChI=1S/C13H25NO2S/c1-9-4-5-11(8-10(9)2)16-13(15)12(14)6-7-17-3/h9-12H,4-8,14H2,1-3H3/t9?,10?,11?,12-/m0/s1. The Morgan fingerprint density at radius 3 is 2.71 bits per heavy atom. The zero-order valence-corrected chi connectivity index (χ0v) is 12.0. The highest BCUT2D eigenvalue weighted by atomic mass is 32.2. The first-order chi connectivity index (χ1) is 8.04. The molecule has 3 unspecified atom stereocenters. The lowest BCUT2D eigenvalue weighted by molar-refractivity contribution is -0.153. The van der Waals surface area contributed by atoms with Crippen LogP contribution < -0.4 is 5.73 Å². The third-order valence-electron chi connectivity index (χ3n) is 3.77. The summed E-state index contributed by atoms with van der Waals surface area (Å²) in [5.74, 6) is 2.08. The van der Waals surface area contributed by atoms with Gasteiger partial charge in [-0.25, -0.2) is 0 Å². The normalized spacial score (nSPS) is 30.9. The smallest absolute Gasteiger partial charge is 0.323 e. The number of ether oxygens (including phenoxy) is 1. The molecule has 0 spiro atoms. The summed E-state index contributed by atoms with van der Waals surface area (Å²) in [5.41, 5.74) is 5.79. The van der Waals surface area contributed by atoms with Crippen LogP contribution in [0.4, 0.5) is 0 Å². The largest absolute Gasteiger partial charge is 0.461 e. The zero-order valence-electron chi connectivity index (χ0n) is 11.1. The van der Waals surface area contributed by atoms with E-state index in [-0.39, 0.29) is 12.1 Å². The average Bonchev–Trinajstić information content (AvgIpc) is 2.30. The molecule has 1 saturated carbocycles. The van der Waals surface area contributed by atoms with Gasteiger partial charge in [0.2, 0.25) is 0 Å². The molecule has 1 aliphatic carbocycles. The van der Waals surface area contributed by atoms with Crippen LogP contribution in [0.15, 0.2) is 0 Å². The van der Waals surface area contributed by atoms with Crippen LogP contribution in [-0.4, -0.2) is 30.1 Å². The molecule has 0 saturated heterocycles. The van der Waals surface area contributed by atoms with E-state index < -0.39 is 6.04 Å². The van der Waals surface area contributed by atoms with E-state index in [9.17, 15) is 4.79 Å². The van der Waals surface area contributed by atoms with Crippen LogP contribution in [0.25, 0.3) is 0 Å². The van der Waals surface area contributed by atoms with Gasteiger partial charge < -0.3 is 10.5 Å². The monoisotopic (exact) mass is 259 g/mol. The summed E-state index contributed by atoms with van der Waals surface area (Å²) in [5, 5.41) is 0. The number of hydrogen-bond acceptors (Lipinski definition) is 4. The molecule has 1 rings (SSSR count). The maximum atomic E-state index is 11.7. The molecule has 2 N–H and O–H groups in total. The van der Waals surface area contributed by atoms with Crippen LogP contribution in [-0.2, 0) is 9.53 Å². The summed E-state index contributed by atoms with van der Waals surface area (Å²) in [4.78, 5) is 11.7. The van der Waals surface area contributed by atoms with E-state index in [0.717, 1.165) is 30.9 Å². The van der Waals surface area contributed by atoms with Gasteiger partial charge in [0.15, 0.2) is 0 Å². The summed E-state index contributed by atoms with van der Waals surface area (Å²) in [6.07, 6.45) is 5.95. The van der Waals surface area contributed by atoms with Crippen LogP contribution >= 0.6 is 11.8 Å². The van der Waals surface area contributed by atoms with Crippen molar-refractivity contribution in [1.82, 2.24) is 0 Å². The molecular formula is C13H25NO2S. The third-order valence-corrected chi connectivity index (χ3v) is 4.41. The van der Waals surface area contributed by atoms with Crippen molar-refractivity contribution >= 4 is 17.7 Å². The van der Waals surface area contributed by atoms with Crippen LogP contribution in [0.1, 0.15) is 39.5 Å². The van der Waals surface area contributed by atoms with Crippen molar-refractivity contribution in [3.8, 4) is 0 Å². The number of esters is 1. The molecule has 0 heterocycles. The van der Waals surface area contributed by atoms with Gasteiger partial charge in [0, 0.05) is 0 Å². The molecule has 0 aromatic heterocycles. The van der Waals surface area contributed by atoms with Gasteiger partial charge >= 0.3 is 5.97 Å². The first-order valence-electron chi connectivity index (χ1n) is 6.49. The summed E-state index contributed by atoms with van der Waals surface area (Å²) >= 11 is 1.71. The van der Waals surface area contributed by atoms with Gasteiger partial charge in [0.1, 0.15) is 12.1 Å². The lowest BCUT2D eigenvalue weighted by Gasteiger charge is -2.32. The van der Waals surface area contributed by atoms with E-state index in [1.165, 1.54) is 0 Å². The van der Waals surface area contributed by atoms with E-state index in [2.05, 4.69) is 13.8 Å². The van der Waals surface area contributed by atoms with E-state index in [4.69, 9.17) is 10.5 Å². The zero-order chi connectivity index (χ0) is 12.8. The minimum absolute atomic E-state index is 0.0917. The Labute approximate surface area is 109 Å². The molecule has 0 aromatic carbocycles. The molecule has 0 radical (unpaired) electrons. The number of thioether (sulfide) groups is 1. The van der Waals surface area contributed by atoms with Gasteiger partial charge in [0.05, 0.1) is 0 Å². The number of carbonyl (C=O) groups is 1. The van der Waals surface area contributed by atoms with Gasteiger partial charge in [-0.1, -0.05) is 13.8 Å². The molecule has 17 heavy (non-hydrogen) atoms. The van der Waals surface area contributed by atoms with Crippen LogP contribution in [0.3, 0.4) is 0 Å². The molecule has 1 fully saturated rings. The molecule has 1 aliphatic rings. The predicted octanol–water partition coefficient (Wildman–Crippen LogP) is 2.43. The van der Waals surface area contributed by atoms with Crippen molar-refractivity contribution in [2.24, 2.45) is 17.6 Å². The minimum atomic E-state index is -0.447. The van der Waals surface area contributed by atoms with Crippen molar-refractivity contribution in [2.75, 3.05) is 12.0 Å². The quantitative estimate of drug-likeness (QED) is 0.770. The van der Waals surface area contributed by atoms with E-state index >= 15 is 0 Å². The van der Waals surface area contributed by atoms with Crippen LogP contribution in [0.2, 0.25) is 0 Å². The molecule has 0 aromatic rings. The van der Waals surface area contributed by atoms with E-state index in [1.54, 1.807) is 11.8 Å². The fourth-order valence-electron chi connectivity index (χ4n) is 2.22. The van der Waals surface area contributed by atoms with Crippen LogP contribution in [0, 0.1) is 11.8 Å². The maximum absolute atomic E-state index is 11.7. The van der Waals surface area contributed by atoms with Gasteiger partial charge in [0.25, 0.3) is 0 Å². The second-order valence-electron chi connectivity index (χ2n) is 5.21. The third kappa shape index (κ3) is 4.88. The highest BCUT2D eigenvalue weighted by Crippen LogP contribution is 2.31. The maximum Gasteiger partial charge on any atom is 0.323 e. The Morgan fingerprint density at radius 2 is 2.12 bits per heavy atom. The second-order valence-corrected chi connectivity index (χ2v) is 6.20. The first-order valence-corrected chi connectivity index (χ1v) is 7.89. The molecule has 3 nitrogen and oxygen atoms in total. The Morgan fingerprint density at radius 1 is 1.41 bits per heavy atom. The summed E-state index contributed by atoms with van der Waals surface area (Å²) in [6, 6.07) is -0.447. The predicted molar refractivity (Wildman–Crippen MR) is 73.0 cm³/mol. The Bertz CT molecular complexity index is 248. The van der Waals surface area contributed by atoms with Crippen molar-refractivity contribution in [3.63, 3.8) is 0 Å². The highest BCUT2D eigenvalue weighted by molar-refractivity contribution is 7.98. The number of nitrogens with two attached hydrogens (primary N) is 1. The van der Waals surface area contributed by atoms with Crippen LogP contribution in [0.5, 0.6) is 0 Å². The molecular weight excluding hydrogens is 234 g/mol. The molecule has 4 atom stereocenters. The average molecular weight is 259 g/mol. The minimum Gasteiger partial charge on any atom is -0.461 e. The fourth-order valence-corrected chi connectivity index (χ4v) is 2.71. The summed E-state index contributed by atoms with van der Waals surface area (Å²) < 4.78 is 5.50. The van der Waals surface area contributed by atoms with Gasteiger partial charge in [-0.2, -0.15) is 11.8 Å². The van der Waals surface area contributed by atoms with Crippen molar-refractivity contribution in [3.05, 3.63) is 0 Å². The second kappa shape index (κ2) is 7.27. The van der Waals surface area contributed by atoms with Crippen molar-refractivity contribution < 1.29 is 9.53 Å². The molecule has 0 aliphatic heterocycles. The number of hydrogen-bond donors (Lipinski definition) is 1. The molecule has 0 bridgehead atoms. The number of rotatable bonds is 5. The first kappa shape index (κ1) is 14.8. The molecule has 100 valence electrons. The number of carbonyl (C=O) groups excluding carboxylic acids is 1.